The van der Waals surface area contributed by atoms with Gasteiger partial charge in [-0.3, -0.25) is 4.79 Å². The van der Waals surface area contributed by atoms with Crippen LogP contribution in [-0.2, 0) is 20.0 Å². The predicted molar refractivity (Wildman–Crippen MR) is 101 cm³/mol. The van der Waals surface area contributed by atoms with Crippen LogP contribution in [0.3, 0.4) is 0 Å². The number of para-hydroxylation sites is 1. The first-order chi connectivity index (χ1) is 12.6. The summed E-state index contributed by atoms with van der Waals surface area (Å²) in [6.07, 6.45) is 2.74. The zero-order valence-electron chi connectivity index (χ0n) is 15.3. The molecule has 0 aliphatic carbocycles. The highest BCUT2D eigenvalue weighted by Crippen LogP contribution is 2.34. The Bertz CT molecular complexity index is 990. The summed E-state index contributed by atoms with van der Waals surface area (Å²) < 4.78 is 12.8. The summed E-state index contributed by atoms with van der Waals surface area (Å²) in [6, 6.07) is 12.0. The molecule has 134 valence electrons. The topological polar surface area (TPSA) is 43.7 Å². The smallest absolute Gasteiger partial charge is 0.256 e. The van der Waals surface area contributed by atoms with Crippen LogP contribution in [0.5, 0.6) is 11.5 Å². The van der Waals surface area contributed by atoms with Crippen LogP contribution < -0.4 is 9.47 Å². The van der Waals surface area contributed by atoms with Crippen molar-refractivity contribution < 1.29 is 14.3 Å². The molecule has 0 spiro atoms. The van der Waals surface area contributed by atoms with Crippen molar-refractivity contribution in [2.75, 3.05) is 20.8 Å². The molecular formula is C21H22N2O3. The predicted octanol–water partition coefficient (Wildman–Crippen LogP) is 3.39. The molecule has 26 heavy (non-hydrogen) atoms. The summed E-state index contributed by atoms with van der Waals surface area (Å²) in [5, 5.41) is 0.998. The van der Waals surface area contributed by atoms with E-state index in [0.29, 0.717) is 18.8 Å². The third kappa shape index (κ3) is 2.60. The Morgan fingerprint density at radius 1 is 1.04 bits per heavy atom. The minimum absolute atomic E-state index is 0.0715. The van der Waals surface area contributed by atoms with E-state index in [9.17, 15) is 4.79 Å². The van der Waals surface area contributed by atoms with Crippen LogP contribution in [0, 0.1) is 0 Å². The van der Waals surface area contributed by atoms with E-state index >= 15 is 0 Å². The summed E-state index contributed by atoms with van der Waals surface area (Å²) in [5.74, 6) is 1.51. The first kappa shape index (κ1) is 16.5. The molecule has 0 fully saturated rings. The minimum atomic E-state index is 0.0715. The molecule has 5 heteroatoms. The van der Waals surface area contributed by atoms with E-state index in [1.54, 1.807) is 14.2 Å². The number of benzene rings is 2. The van der Waals surface area contributed by atoms with Crippen molar-refractivity contribution >= 4 is 16.8 Å². The van der Waals surface area contributed by atoms with Gasteiger partial charge in [-0.1, -0.05) is 18.2 Å². The van der Waals surface area contributed by atoms with Gasteiger partial charge >= 0.3 is 0 Å². The monoisotopic (exact) mass is 350 g/mol. The van der Waals surface area contributed by atoms with Crippen LogP contribution in [0.1, 0.15) is 21.5 Å². The molecule has 2 heterocycles. The molecule has 5 nitrogen and oxygen atoms in total. The molecule has 0 atom stereocenters. The molecule has 2 aromatic carbocycles. The Morgan fingerprint density at radius 3 is 2.46 bits per heavy atom. The minimum Gasteiger partial charge on any atom is -0.493 e. The van der Waals surface area contributed by atoms with Crippen molar-refractivity contribution in [1.29, 1.82) is 0 Å². The van der Waals surface area contributed by atoms with Crippen LogP contribution in [0.4, 0.5) is 0 Å². The standard InChI is InChI=1S/C21H22N2O3/c1-22-13-17(16-6-4-5-7-18(16)22)21(24)23-9-8-14-10-19(25-2)20(26-3)11-15(14)12-23/h4-7,10-11,13H,8-9,12H2,1-3H3. The van der Waals surface area contributed by atoms with E-state index in [1.807, 2.05) is 59.1 Å². The number of rotatable bonds is 3. The van der Waals surface area contributed by atoms with Crippen molar-refractivity contribution in [3.8, 4) is 11.5 Å². The lowest BCUT2D eigenvalue weighted by Gasteiger charge is -2.29. The number of nitrogens with zero attached hydrogens (tertiary/aromatic N) is 2. The average molecular weight is 350 g/mol. The molecule has 0 radical (unpaired) electrons. The normalized spacial score (nSPS) is 13.6. The molecule has 0 saturated carbocycles. The molecule has 3 aromatic rings. The lowest BCUT2D eigenvalue weighted by Crippen LogP contribution is -2.35. The second-order valence-electron chi connectivity index (χ2n) is 6.62. The molecule has 4 rings (SSSR count). The van der Waals surface area contributed by atoms with Crippen molar-refractivity contribution in [2.45, 2.75) is 13.0 Å². The Balaban J connectivity index is 1.67. The van der Waals surface area contributed by atoms with Gasteiger partial charge in [-0.25, -0.2) is 0 Å². The molecule has 0 bridgehead atoms. The van der Waals surface area contributed by atoms with Gasteiger partial charge in [0.1, 0.15) is 0 Å². The highest BCUT2D eigenvalue weighted by molar-refractivity contribution is 6.07. The van der Waals surface area contributed by atoms with E-state index in [4.69, 9.17) is 9.47 Å². The number of amides is 1. The van der Waals surface area contributed by atoms with E-state index in [2.05, 4.69) is 0 Å². The maximum absolute atomic E-state index is 13.2. The van der Waals surface area contributed by atoms with Gasteiger partial charge in [0, 0.05) is 37.2 Å². The first-order valence-corrected chi connectivity index (χ1v) is 8.69. The summed E-state index contributed by atoms with van der Waals surface area (Å²) in [7, 11) is 5.25. The number of carbonyl (C=O) groups excluding carboxylic acids is 1. The molecule has 0 N–H and O–H groups in total. The highest BCUT2D eigenvalue weighted by Gasteiger charge is 2.25. The SMILES string of the molecule is COc1cc2c(cc1OC)CN(C(=O)c1cn(C)c3ccccc13)CC2. The van der Waals surface area contributed by atoms with Crippen molar-refractivity contribution in [3.05, 3.63) is 59.3 Å². The highest BCUT2D eigenvalue weighted by atomic mass is 16.5. The number of methoxy groups -OCH3 is 2. The number of ether oxygens (including phenoxy) is 2. The number of hydrogen-bond donors (Lipinski definition) is 0. The van der Waals surface area contributed by atoms with Crippen LogP contribution >= 0.6 is 0 Å². The van der Waals surface area contributed by atoms with Crippen LogP contribution in [-0.4, -0.2) is 36.1 Å². The fourth-order valence-electron chi connectivity index (χ4n) is 3.74. The summed E-state index contributed by atoms with van der Waals surface area (Å²) >= 11 is 0. The third-order valence-electron chi connectivity index (χ3n) is 5.13. The molecule has 1 aliphatic rings. The zero-order chi connectivity index (χ0) is 18.3. The largest absolute Gasteiger partial charge is 0.493 e. The number of fused-ring (bicyclic) bond motifs is 2. The van der Waals surface area contributed by atoms with Crippen molar-refractivity contribution in [3.63, 3.8) is 0 Å². The van der Waals surface area contributed by atoms with Gasteiger partial charge in [-0.05, 0) is 35.7 Å². The Morgan fingerprint density at radius 2 is 1.73 bits per heavy atom. The van der Waals surface area contributed by atoms with E-state index in [0.717, 1.165) is 34.2 Å². The summed E-state index contributed by atoms with van der Waals surface area (Å²) in [4.78, 5) is 15.1. The quantitative estimate of drug-likeness (QED) is 0.727. The van der Waals surface area contributed by atoms with Gasteiger partial charge in [0.2, 0.25) is 0 Å². The Hall–Kier alpha value is -2.95. The van der Waals surface area contributed by atoms with Gasteiger partial charge in [0.05, 0.1) is 19.8 Å². The number of aromatic nitrogens is 1. The average Bonchev–Trinajstić information content (AvgIpc) is 3.02. The van der Waals surface area contributed by atoms with Crippen LogP contribution in [0.15, 0.2) is 42.6 Å². The number of aryl methyl sites for hydroxylation is 1. The van der Waals surface area contributed by atoms with Crippen molar-refractivity contribution in [2.24, 2.45) is 7.05 Å². The van der Waals surface area contributed by atoms with E-state index in [-0.39, 0.29) is 5.91 Å². The fraction of sp³-hybridized carbons (Fsp3) is 0.286. The summed E-state index contributed by atoms with van der Waals surface area (Å²) in [6.45, 7) is 1.28. The third-order valence-corrected chi connectivity index (χ3v) is 5.13. The van der Waals surface area contributed by atoms with Crippen molar-refractivity contribution in [1.82, 2.24) is 9.47 Å². The molecule has 1 amide bonds. The fourth-order valence-corrected chi connectivity index (χ4v) is 3.74. The zero-order valence-corrected chi connectivity index (χ0v) is 15.3. The Kier molecular flexibility index (Phi) is 4.07. The molecular weight excluding hydrogens is 328 g/mol. The van der Waals surface area contributed by atoms with E-state index in [1.165, 1.54) is 5.56 Å². The first-order valence-electron chi connectivity index (χ1n) is 8.69. The summed E-state index contributed by atoms with van der Waals surface area (Å²) in [5.41, 5.74) is 4.15. The molecule has 0 unspecified atom stereocenters. The Labute approximate surface area is 152 Å². The molecule has 1 aliphatic heterocycles. The van der Waals surface area contributed by atoms with Gasteiger partial charge in [0.25, 0.3) is 5.91 Å². The molecule has 1 aromatic heterocycles. The number of carbonyl (C=O) groups is 1. The second kappa shape index (κ2) is 6.41. The van der Waals surface area contributed by atoms with Gasteiger partial charge in [-0.2, -0.15) is 0 Å². The van der Waals surface area contributed by atoms with Gasteiger partial charge < -0.3 is 18.9 Å². The lowest BCUT2D eigenvalue weighted by atomic mass is 9.98. The maximum Gasteiger partial charge on any atom is 0.256 e. The van der Waals surface area contributed by atoms with Gasteiger partial charge in [0.15, 0.2) is 11.5 Å². The van der Waals surface area contributed by atoms with Crippen LogP contribution in [0.2, 0.25) is 0 Å². The lowest BCUT2D eigenvalue weighted by molar-refractivity contribution is 0.0736. The maximum atomic E-state index is 13.2. The van der Waals surface area contributed by atoms with E-state index < -0.39 is 0 Å². The van der Waals surface area contributed by atoms with Gasteiger partial charge in [-0.15, -0.1) is 0 Å². The second-order valence-corrected chi connectivity index (χ2v) is 6.62. The number of hydrogen-bond acceptors (Lipinski definition) is 3. The molecule has 0 saturated heterocycles. The van der Waals surface area contributed by atoms with Crippen LogP contribution in [0.25, 0.3) is 10.9 Å².